The Hall–Kier alpha value is -3.18. The molecule has 1 unspecified atom stereocenters. The number of nitrogens with one attached hydrogen (secondary N) is 2. The van der Waals surface area contributed by atoms with Crippen LogP contribution in [-0.2, 0) is 0 Å². The highest BCUT2D eigenvalue weighted by Crippen LogP contribution is 2.26. The molecule has 3 rings (SSSR count). The van der Waals surface area contributed by atoms with E-state index in [4.69, 9.17) is 5.11 Å². The highest BCUT2D eigenvalue weighted by Gasteiger charge is 2.14. The van der Waals surface area contributed by atoms with E-state index in [1.54, 1.807) is 18.5 Å². The summed E-state index contributed by atoms with van der Waals surface area (Å²) >= 11 is 0. The van der Waals surface area contributed by atoms with E-state index in [1.807, 2.05) is 48.5 Å². The SMILES string of the molecule is O=C(NCCO)c1cccc(NC(c2ccccc2)c2ccncc2)c1. The second kappa shape index (κ2) is 8.78. The zero-order valence-corrected chi connectivity index (χ0v) is 14.3. The number of anilines is 1. The number of carbonyl (C=O) groups is 1. The predicted octanol–water partition coefficient (Wildman–Crippen LogP) is 3.01. The molecule has 0 aliphatic rings. The van der Waals surface area contributed by atoms with E-state index in [-0.39, 0.29) is 25.1 Å². The lowest BCUT2D eigenvalue weighted by Gasteiger charge is -2.21. The van der Waals surface area contributed by atoms with Crippen molar-refractivity contribution < 1.29 is 9.90 Å². The fourth-order valence-corrected chi connectivity index (χ4v) is 2.75. The number of amides is 1. The molecule has 0 fully saturated rings. The van der Waals surface area contributed by atoms with Crippen LogP contribution in [0.1, 0.15) is 27.5 Å². The summed E-state index contributed by atoms with van der Waals surface area (Å²) in [4.78, 5) is 16.2. The van der Waals surface area contributed by atoms with Crippen molar-refractivity contribution in [2.24, 2.45) is 0 Å². The van der Waals surface area contributed by atoms with Crippen LogP contribution < -0.4 is 10.6 Å². The Labute approximate surface area is 152 Å². The molecule has 3 N–H and O–H groups in total. The van der Waals surface area contributed by atoms with Gasteiger partial charge < -0.3 is 15.7 Å². The molecular weight excluding hydrogens is 326 g/mol. The van der Waals surface area contributed by atoms with E-state index in [0.717, 1.165) is 16.8 Å². The minimum atomic E-state index is -0.206. The minimum absolute atomic E-state index is 0.0602. The van der Waals surface area contributed by atoms with Gasteiger partial charge in [-0.05, 0) is 41.5 Å². The van der Waals surface area contributed by atoms with Gasteiger partial charge in [0, 0.05) is 30.2 Å². The molecule has 0 saturated carbocycles. The van der Waals surface area contributed by atoms with E-state index in [9.17, 15) is 4.79 Å². The predicted molar refractivity (Wildman–Crippen MR) is 102 cm³/mol. The van der Waals surface area contributed by atoms with Gasteiger partial charge in [0.15, 0.2) is 0 Å². The van der Waals surface area contributed by atoms with Crippen LogP contribution in [0.2, 0.25) is 0 Å². The molecule has 0 spiro atoms. The first-order valence-electron chi connectivity index (χ1n) is 8.48. The Morgan fingerprint density at radius 1 is 0.962 bits per heavy atom. The van der Waals surface area contributed by atoms with Gasteiger partial charge in [0.1, 0.15) is 0 Å². The normalized spacial score (nSPS) is 11.6. The van der Waals surface area contributed by atoms with Crippen LogP contribution in [0.25, 0.3) is 0 Å². The van der Waals surface area contributed by atoms with Gasteiger partial charge in [-0.2, -0.15) is 0 Å². The fourth-order valence-electron chi connectivity index (χ4n) is 2.75. The Kier molecular flexibility index (Phi) is 5.96. The summed E-state index contributed by atoms with van der Waals surface area (Å²) in [6.07, 6.45) is 3.54. The first-order chi connectivity index (χ1) is 12.8. The van der Waals surface area contributed by atoms with Crippen LogP contribution in [0.15, 0.2) is 79.1 Å². The van der Waals surface area contributed by atoms with Crippen LogP contribution >= 0.6 is 0 Å². The Morgan fingerprint density at radius 3 is 2.42 bits per heavy atom. The number of aromatic nitrogens is 1. The van der Waals surface area contributed by atoms with Crippen molar-refractivity contribution in [2.75, 3.05) is 18.5 Å². The average Bonchev–Trinajstić information content (AvgIpc) is 2.71. The number of rotatable bonds is 7. The molecular formula is C21H21N3O2. The molecule has 0 aliphatic carbocycles. The maximum absolute atomic E-state index is 12.1. The van der Waals surface area contributed by atoms with Crippen LogP contribution in [0.5, 0.6) is 0 Å². The van der Waals surface area contributed by atoms with E-state index in [0.29, 0.717) is 5.56 Å². The molecule has 1 atom stereocenters. The van der Waals surface area contributed by atoms with Crippen molar-refractivity contribution in [1.29, 1.82) is 0 Å². The molecule has 5 heteroatoms. The number of carbonyl (C=O) groups excluding carboxylic acids is 1. The molecule has 2 aromatic carbocycles. The topological polar surface area (TPSA) is 74.2 Å². The van der Waals surface area contributed by atoms with Crippen LogP contribution in [0, 0.1) is 0 Å². The zero-order valence-electron chi connectivity index (χ0n) is 14.3. The monoisotopic (exact) mass is 347 g/mol. The van der Waals surface area contributed by atoms with Gasteiger partial charge in [-0.1, -0.05) is 36.4 Å². The van der Waals surface area contributed by atoms with E-state index in [1.165, 1.54) is 0 Å². The van der Waals surface area contributed by atoms with Gasteiger partial charge >= 0.3 is 0 Å². The molecule has 5 nitrogen and oxygen atoms in total. The average molecular weight is 347 g/mol. The Bertz CT molecular complexity index is 799. The van der Waals surface area contributed by atoms with Crippen molar-refractivity contribution in [1.82, 2.24) is 10.3 Å². The molecule has 0 aliphatic heterocycles. The summed E-state index contributed by atoms with van der Waals surface area (Å²) in [7, 11) is 0. The van der Waals surface area contributed by atoms with Gasteiger partial charge in [-0.3, -0.25) is 9.78 Å². The van der Waals surface area contributed by atoms with Crippen molar-refractivity contribution in [3.05, 3.63) is 95.8 Å². The summed E-state index contributed by atoms with van der Waals surface area (Å²) in [5.41, 5.74) is 3.59. The van der Waals surface area contributed by atoms with Crippen molar-refractivity contribution in [3.63, 3.8) is 0 Å². The second-order valence-electron chi connectivity index (χ2n) is 5.83. The molecule has 132 valence electrons. The van der Waals surface area contributed by atoms with E-state index >= 15 is 0 Å². The summed E-state index contributed by atoms with van der Waals surface area (Å²) in [5, 5.41) is 15.0. The summed E-state index contributed by atoms with van der Waals surface area (Å²) < 4.78 is 0. The van der Waals surface area contributed by atoms with Crippen LogP contribution in [-0.4, -0.2) is 29.1 Å². The van der Waals surface area contributed by atoms with Gasteiger partial charge in [0.25, 0.3) is 5.91 Å². The molecule has 0 saturated heterocycles. The number of hydrogen-bond acceptors (Lipinski definition) is 4. The molecule has 1 heterocycles. The lowest BCUT2D eigenvalue weighted by atomic mass is 9.99. The molecule has 26 heavy (non-hydrogen) atoms. The lowest BCUT2D eigenvalue weighted by Crippen LogP contribution is -2.26. The summed E-state index contributed by atoms with van der Waals surface area (Å²) in [6, 6.07) is 21.3. The highest BCUT2D eigenvalue weighted by molar-refractivity contribution is 5.95. The number of benzene rings is 2. The first-order valence-corrected chi connectivity index (χ1v) is 8.48. The summed E-state index contributed by atoms with van der Waals surface area (Å²) in [6.45, 7) is 0.155. The van der Waals surface area contributed by atoms with Crippen LogP contribution in [0.4, 0.5) is 5.69 Å². The molecule has 0 radical (unpaired) electrons. The van der Waals surface area contributed by atoms with Crippen molar-refractivity contribution in [3.8, 4) is 0 Å². The first kappa shape index (κ1) is 17.6. The third-order valence-electron chi connectivity index (χ3n) is 4.01. The third kappa shape index (κ3) is 4.46. The van der Waals surface area contributed by atoms with Gasteiger partial charge in [-0.15, -0.1) is 0 Å². The number of aliphatic hydroxyl groups excluding tert-OH is 1. The van der Waals surface area contributed by atoms with E-state index < -0.39 is 0 Å². The Balaban J connectivity index is 1.87. The maximum atomic E-state index is 12.1. The van der Waals surface area contributed by atoms with Crippen LogP contribution in [0.3, 0.4) is 0 Å². The van der Waals surface area contributed by atoms with Crippen molar-refractivity contribution in [2.45, 2.75) is 6.04 Å². The largest absolute Gasteiger partial charge is 0.395 e. The van der Waals surface area contributed by atoms with Gasteiger partial charge in [-0.25, -0.2) is 0 Å². The third-order valence-corrected chi connectivity index (χ3v) is 4.01. The minimum Gasteiger partial charge on any atom is -0.395 e. The lowest BCUT2D eigenvalue weighted by molar-refractivity contribution is 0.0945. The highest BCUT2D eigenvalue weighted by atomic mass is 16.3. The molecule has 0 bridgehead atoms. The van der Waals surface area contributed by atoms with Gasteiger partial charge in [0.05, 0.1) is 12.6 Å². The molecule has 1 amide bonds. The van der Waals surface area contributed by atoms with E-state index in [2.05, 4.69) is 27.8 Å². The number of aliphatic hydroxyl groups is 1. The van der Waals surface area contributed by atoms with Gasteiger partial charge in [0.2, 0.25) is 0 Å². The fraction of sp³-hybridized carbons (Fsp3) is 0.143. The van der Waals surface area contributed by atoms with Crippen molar-refractivity contribution >= 4 is 11.6 Å². The number of pyridine rings is 1. The molecule has 3 aromatic rings. The number of nitrogens with zero attached hydrogens (tertiary/aromatic N) is 1. The molecule has 1 aromatic heterocycles. The number of hydrogen-bond donors (Lipinski definition) is 3. The second-order valence-corrected chi connectivity index (χ2v) is 5.83. The quantitative estimate of drug-likeness (QED) is 0.614. The Morgan fingerprint density at radius 2 is 1.69 bits per heavy atom. The standard InChI is InChI=1S/C21H21N3O2/c25-14-13-23-21(26)18-7-4-8-19(15-18)24-20(16-5-2-1-3-6-16)17-9-11-22-12-10-17/h1-12,15,20,24-25H,13-14H2,(H,23,26). The maximum Gasteiger partial charge on any atom is 0.251 e. The zero-order chi connectivity index (χ0) is 18.2. The summed E-state index contributed by atoms with van der Waals surface area (Å²) in [5.74, 6) is -0.206. The smallest absolute Gasteiger partial charge is 0.251 e.